The monoisotopic (exact) mass is 513 g/mol. The number of rotatable bonds is 6. The van der Waals surface area contributed by atoms with Crippen LogP contribution in [0.2, 0.25) is 0 Å². The molecular weight excluding hydrogens is 486 g/mol. The summed E-state index contributed by atoms with van der Waals surface area (Å²) in [5, 5.41) is 9.65. The van der Waals surface area contributed by atoms with Crippen LogP contribution in [0.15, 0.2) is 70.5 Å². The Kier molecular flexibility index (Phi) is 5.50. The zero-order chi connectivity index (χ0) is 25.9. The third-order valence-corrected chi connectivity index (χ3v) is 8.15. The van der Waals surface area contributed by atoms with Gasteiger partial charge < -0.3 is 9.09 Å². The minimum absolute atomic E-state index is 0.0641. The molecule has 1 saturated carbocycles. The molecule has 0 radical (unpaired) electrons. The van der Waals surface area contributed by atoms with E-state index in [-0.39, 0.29) is 16.9 Å². The van der Waals surface area contributed by atoms with Crippen LogP contribution in [0.4, 0.5) is 0 Å². The lowest BCUT2D eigenvalue weighted by Crippen LogP contribution is -2.14. The summed E-state index contributed by atoms with van der Waals surface area (Å²) in [6, 6.07) is 13.3. The van der Waals surface area contributed by atoms with Gasteiger partial charge >= 0.3 is 0 Å². The molecule has 0 saturated heterocycles. The second-order valence-electron chi connectivity index (χ2n) is 9.74. The van der Waals surface area contributed by atoms with Gasteiger partial charge in [0.1, 0.15) is 5.76 Å². The second-order valence-corrected chi connectivity index (χ2v) is 11.3. The molecule has 4 heterocycles. The predicted molar refractivity (Wildman–Crippen MR) is 142 cm³/mol. The van der Waals surface area contributed by atoms with Crippen molar-refractivity contribution in [3.63, 3.8) is 0 Å². The molecule has 8 nitrogen and oxygen atoms in total. The topological polar surface area (TPSA) is 117 Å². The average Bonchev–Trinajstić information content (AvgIpc) is 3.59. The number of hydrogen-bond donors (Lipinski definition) is 1. The van der Waals surface area contributed by atoms with Crippen molar-refractivity contribution in [1.29, 1.82) is 0 Å². The third-order valence-electron chi connectivity index (χ3n) is 7.17. The van der Waals surface area contributed by atoms with Crippen molar-refractivity contribution in [1.82, 2.24) is 19.7 Å². The molecule has 4 aromatic heterocycles. The van der Waals surface area contributed by atoms with Crippen molar-refractivity contribution in [2.45, 2.75) is 50.5 Å². The van der Waals surface area contributed by atoms with Gasteiger partial charge in [0.15, 0.2) is 0 Å². The van der Waals surface area contributed by atoms with E-state index in [1.165, 1.54) is 0 Å². The summed E-state index contributed by atoms with van der Waals surface area (Å²) in [6.45, 7) is 5.92. The van der Waals surface area contributed by atoms with Crippen molar-refractivity contribution in [3.05, 3.63) is 83.8 Å². The van der Waals surface area contributed by atoms with Gasteiger partial charge in [-0.25, -0.2) is 13.6 Å². The molecule has 37 heavy (non-hydrogen) atoms. The van der Waals surface area contributed by atoms with Crippen LogP contribution in [0, 0.1) is 13.8 Å². The zero-order valence-corrected chi connectivity index (χ0v) is 21.7. The number of nitrogens with zero attached hydrogens (tertiary/aromatic N) is 4. The predicted octanol–water partition coefficient (Wildman–Crippen LogP) is 5.50. The van der Waals surface area contributed by atoms with Gasteiger partial charge in [0.05, 0.1) is 33.4 Å². The van der Waals surface area contributed by atoms with Crippen LogP contribution in [0.25, 0.3) is 33.3 Å². The smallest absolute Gasteiger partial charge is 0.238 e. The van der Waals surface area contributed by atoms with Crippen molar-refractivity contribution in [2.75, 3.05) is 0 Å². The van der Waals surface area contributed by atoms with Crippen molar-refractivity contribution >= 4 is 21.1 Å². The first-order chi connectivity index (χ1) is 17.7. The molecule has 0 aliphatic heterocycles. The van der Waals surface area contributed by atoms with Gasteiger partial charge in [0.25, 0.3) is 0 Å². The number of nitrogens with two attached hydrogens (primary N) is 1. The highest BCUT2D eigenvalue weighted by molar-refractivity contribution is 7.89. The van der Waals surface area contributed by atoms with Gasteiger partial charge in [-0.1, -0.05) is 17.3 Å². The number of aryl methyl sites for hydroxylation is 2. The third kappa shape index (κ3) is 4.14. The molecular formula is C28H27N5O3S. The summed E-state index contributed by atoms with van der Waals surface area (Å²) in [6.07, 6.45) is 7.64. The van der Waals surface area contributed by atoms with Crippen LogP contribution in [0.1, 0.15) is 54.4 Å². The maximum absolute atomic E-state index is 12.2. The van der Waals surface area contributed by atoms with Crippen LogP contribution in [0.5, 0.6) is 0 Å². The van der Waals surface area contributed by atoms with E-state index < -0.39 is 10.0 Å². The second kappa shape index (κ2) is 8.64. The van der Waals surface area contributed by atoms with E-state index in [9.17, 15) is 8.42 Å². The lowest BCUT2D eigenvalue weighted by Gasteiger charge is -2.15. The van der Waals surface area contributed by atoms with Crippen LogP contribution < -0.4 is 5.14 Å². The summed E-state index contributed by atoms with van der Waals surface area (Å²) in [5.41, 5.74) is 7.96. The molecule has 188 valence electrons. The summed E-state index contributed by atoms with van der Waals surface area (Å²) >= 11 is 0. The Morgan fingerprint density at radius 1 is 1.08 bits per heavy atom. The van der Waals surface area contributed by atoms with Gasteiger partial charge in [0.2, 0.25) is 10.0 Å². The SMILES string of the molecule is Cc1noc(C)c1-c1cnc2c(-c3ccc(S(N)(=O)=O)c(C4CC4)c3)cn(C(C)c3ccccn3)c2c1. The number of aromatic nitrogens is 4. The lowest BCUT2D eigenvalue weighted by atomic mass is 10.0. The maximum atomic E-state index is 12.2. The number of fused-ring (bicyclic) bond motifs is 1. The Labute approximate surface area is 215 Å². The number of sulfonamides is 1. The Balaban J connectivity index is 1.58. The van der Waals surface area contributed by atoms with Gasteiger partial charge in [-0.3, -0.25) is 9.97 Å². The molecule has 1 aliphatic carbocycles. The minimum Gasteiger partial charge on any atom is -0.361 e. The minimum atomic E-state index is -3.81. The highest BCUT2D eigenvalue weighted by Gasteiger charge is 2.30. The molecule has 6 rings (SSSR count). The maximum Gasteiger partial charge on any atom is 0.238 e. The van der Waals surface area contributed by atoms with Crippen LogP contribution >= 0.6 is 0 Å². The number of benzene rings is 1. The van der Waals surface area contributed by atoms with Gasteiger partial charge in [-0.05, 0) is 81.0 Å². The highest BCUT2D eigenvalue weighted by Crippen LogP contribution is 2.45. The largest absolute Gasteiger partial charge is 0.361 e. The highest BCUT2D eigenvalue weighted by atomic mass is 32.2. The van der Waals surface area contributed by atoms with E-state index in [0.29, 0.717) is 0 Å². The molecule has 0 spiro atoms. The first-order valence-electron chi connectivity index (χ1n) is 12.2. The molecule has 1 unspecified atom stereocenters. The molecule has 5 aromatic rings. The van der Waals surface area contributed by atoms with Crippen LogP contribution in [-0.2, 0) is 10.0 Å². The fraction of sp³-hybridized carbons (Fsp3) is 0.250. The molecule has 1 fully saturated rings. The Bertz CT molecular complexity index is 1730. The summed E-state index contributed by atoms with van der Waals surface area (Å²) in [4.78, 5) is 9.69. The fourth-order valence-corrected chi connectivity index (χ4v) is 5.96. The first-order valence-corrected chi connectivity index (χ1v) is 13.8. The van der Waals surface area contributed by atoms with Crippen LogP contribution in [0.3, 0.4) is 0 Å². The summed E-state index contributed by atoms with van der Waals surface area (Å²) < 4.78 is 32.1. The molecule has 1 atom stereocenters. The fourth-order valence-electron chi connectivity index (χ4n) is 5.14. The van der Waals surface area contributed by atoms with E-state index >= 15 is 0 Å². The first kappa shape index (κ1) is 23.6. The lowest BCUT2D eigenvalue weighted by molar-refractivity contribution is 0.393. The van der Waals surface area contributed by atoms with E-state index in [1.807, 2.05) is 50.4 Å². The number of pyridine rings is 2. The van der Waals surface area contributed by atoms with E-state index in [1.54, 1.807) is 12.3 Å². The van der Waals surface area contributed by atoms with E-state index in [0.717, 1.165) is 68.8 Å². The van der Waals surface area contributed by atoms with Crippen molar-refractivity contribution in [3.8, 4) is 22.3 Å². The van der Waals surface area contributed by atoms with Gasteiger partial charge in [-0.15, -0.1) is 0 Å². The van der Waals surface area contributed by atoms with Crippen LogP contribution in [-0.4, -0.2) is 28.1 Å². The normalized spacial score (nSPS) is 14.8. The van der Waals surface area contributed by atoms with E-state index in [2.05, 4.69) is 33.9 Å². The quantitative estimate of drug-likeness (QED) is 0.320. The van der Waals surface area contributed by atoms with E-state index in [4.69, 9.17) is 14.6 Å². The molecule has 0 amide bonds. The Morgan fingerprint density at radius 2 is 1.89 bits per heavy atom. The van der Waals surface area contributed by atoms with Crippen molar-refractivity contribution < 1.29 is 12.9 Å². The summed E-state index contributed by atoms with van der Waals surface area (Å²) in [5.74, 6) is 0.954. The molecule has 1 aromatic carbocycles. The van der Waals surface area contributed by atoms with Crippen molar-refractivity contribution in [2.24, 2.45) is 5.14 Å². The Hall–Kier alpha value is -3.82. The summed E-state index contributed by atoms with van der Waals surface area (Å²) in [7, 11) is -3.81. The van der Waals surface area contributed by atoms with Gasteiger partial charge in [0, 0.05) is 35.3 Å². The number of primary sulfonamides is 1. The molecule has 2 N–H and O–H groups in total. The molecule has 9 heteroatoms. The molecule has 1 aliphatic rings. The molecule has 0 bridgehead atoms. The van der Waals surface area contributed by atoms with Gasteiger partial charge in [-0.2, -0.15) is 0 Å². The number of hydrogen-bond acceptors (Lipinski definition) is 6. The zero-order valence-electron chi connectivity index (χ0n) is 20.8. The average molecular weight is 514 g/mol. The Morgan fingerprint density at radius 3 is 2.54 bits per heavy atom. The standard InChI is InChI=1S/C28H27N5O3S/c1-16-27(18(3)36-32-16)21-13-25-28(31-14-21)23(15-33(25)17(2)24-6-4-5-11-30-24)20-9-10-26(37(29,34)35)22(12-20)19-7-8-19/h4-6,9-15,17,19H,7-8H2,1-3H3,(H2,29,34,35).